The lowest BCUT2D eigenvalue weighted by molar-refractivity contribution is 0.0993. The summed E-state index contributed by atoms with van der Waals surface area (Å²) < 4.78 is 5.10. The van der Waals surface area contributed by atoms with E-state index in [-0.39, 0.29) is 17.6 Å². The minimum Gasteiger partial charge on any atom is -0.459 e. The molecule has 0 aliphatic carbocycles. The average molecular weight is 438 g/mol. The zero-order valence-electron chi connectivity index (χ0n) is 15.8. The molecule has 0 bridgehead atoms. The average Bonchev–Trinajstić information content (AvgIpc) is 3.42. The first kappa shape index (κ1) is 19.9. The summed E-state index contributed by atoms with van der Waals surface area (Å²) >= 11 is 7.52. The predicted octanol–water partition coefficient (Wildman–Crippen LogP) is 5.87. The van der Waals surface area contributed by atoms with Gasteiger partial charge < -0.3 is 9.73 Å². The second-order valence-electron chi connectivity index (χ2n) is 6.43. The summed E-state index contributed by atoms with van der Waals surface area (Å²) in [5.41, 5.74) is 3.23. The van der Waals surface area contributed by atoms with Gasteiger partial charge in [0.1, 0.15) is 0 Å². The molecule has 2 N–H and O–H groups in total. The van der Waals surface area contributed by atoms with Gasteiger partial charge in [0.15, 0.2) is 10.9 Å². The molecule has 0 saturated heterocycles. The standard InChI is InChI=1S/C22H16ClN3O3S/c1-13-8-9-14(11-17(13)24-21(28)19-7-4-10-29-19)20(27)26-22-25-18(12-30-22)15-5-2-3-6-16(15)23/h2-12H,1H3,(H,24,28)(H,25,26,27). The van der Waals surface area contributed by atoms with Gasteiger partial charge in [-0.1, -0.05) is 35.9 Å². The molecule has 150 valence electrons. The van der Waals surface area contributed by atoms with Crippen LogP contribution in [0.5, 0.6) is 0 Å². The van der Waals surface area contributed by atoms with Gasteiger partial charge in [-0.25, -0.2) is 4.98 Å². The third-order valence-corrected chi connectivity index (χ3v) is 5.45. The number of carbonyl (C=O) groups excluding carboxylic acids is 2. The topological polar surface area (TPSA) is 84.2 Å². The molecule has 2 aromatic carbocycles. The number of furan rings is 1. The molecule has 0 radical (unpaired) electrons. The number of carbonyl (C=O) groups is 2. The molecule has 0 spiro atoms. The van der Waals surface area contributed by atoms with Gasteiger partial charge in [0, 0.05) is 27.2 Å². The molecule has 2 heterocycles. The summed E-state index contributed by atoms with van der Waals surface area (Å²) in [6.07, 6.45) is 1.43. The summed E-state index contributed by atoms with van der Waals surface area (Å²) in [7, 11) is 0. The van der Waals surface area contributed by atoms with Gasteiger partial charge in [-0.3, -0.25) is 14.9 Å². The Hall–Kier alpha value is -3.42. The van der Waals surface area contributed by atoms with Crippen molar-refractivity contribution in [2.75, 3.05) is 10.6 Å². The third-order valence-electron chi connectivity index (χ3n) is 4.37. The Labute approximate surface area is 181 Å². The van der Waals surface area contributed by atoms with Crippen LogP contribution >= 0.6 is 22.9 Å². The van der Waals surface area contributed by atoms with Crippen molar-refractivity contribution in [2.45, 2.75) is 6.92 Å². The maximum absolute atomic E-state index is 12.7. The van der Waals surface area contributed by atoms with Crippen molar-refractivity contribution in [3.63, 3.8) is 0 Å². The van der Waals surface area contributed by atoms with Crippen molar-refractivity contribution >= 4 is 45.6 Å². The fraction of sp³-hybridized carbons (Fsp3) is 0.0455. The number of hydrogen-bond donors (Lipinski definition) is 2. The Morgan fingerprint density at radius 1 is 1.03 bits per heavy atom. The second-order valence-corrected chi connectivity index (χ2v) is 7.70. The van der Waals surface area contributed by atoms with Gasteiger partial charge in [0.2, 0.25) is 0 Å². The number of nitrogens with zero attached hydrogens (tertiary/aromatic N) is 1. The maximum Gasteiger partial charge on any atom is 0.291 e. The van der Waals surface area contributed by atoms with E-state index in [0.29, 0.717) is 27.1 Å². The number of aromatic nitrogens is 1. The van der Waals surface area contributed by atoms with E-state index in [9.17, 15) is 9.59 Å². The maximum atomic E-state index is 12.7. The van der Waals surface area contributed by atoms with Crippen LogP contribution < -0.4 is 10.6 Å². The fourth-order valence-corrected chi connectivity index (χ4v) is 3.72. The second kappa shape index (κ2) is 8.52. The molecule has 2 amide bonds. The summed E-state index contributed by atoms with van der Waals surface area (Å²) in [6.45, 7) is 1.84. The van der Waals surface area contributed by atoms with E-state index in [1.54, 1.807) is 36.4 Å². The molecule has 4 rings (SSSR count). The monoisotopic (exact) mass is 437 g/mol. The third kappa shape index (κ3) is 4.27. The van der Waals surface area contributed by atoms with Crippen LogP contribution in [0.1, 0.15) is 26.5 Å². The number of aryl methyl sites for hydroxylation is 1. The zero-order chi connectivity index (χ0) is 21.1. The van der Waals surface area contributed by atoms with E-state index in [0.717, 1.165) is 11.1 Å². The Balaban J connectivity index is 1.50. The highest BCUT2D eigenvalue weighted by Crippen LogP contribution is 2.30. The van der Waals surface area contributed by atoms with Crippen molar-refractivity contribution in [3.05, 3.63) is 88.2 Å². The van der Waals surface area contributed by atoms with Gasteiger partial charge in [0.05, 0.1) is 12.0 Å². The summed E-state index contributed by atoms with van der Waals surface area (Å²) in [5, 5.41) is 8.44. The van der Waals surface area contributed by atoms with E-state index < -0.39 is 0 Å². The Kier molecular flexibility index (Phi) is 5.65. The number of rotatable bonds is 5. The van der Waals surface area contributed by atoms with Crippen molar-refractivity contribution in [1.29, 1.82) is 0 Å². The molecule has 0 aliphatic heterocycles. The highest BCUT2D eigenvalue weighted by Gasteiger charge is 2.15. The lowest BCUT2D eigenvalue weighted by Crippen LogP contribution is -2.15. The Morgan fingerprint density at radius 2 is 1.87 bits per heavy atom. The molecule has 0 aliphatic rings. The van der Waals surface area contributed by atoms with E-state index >= 15 is 0 Å². The van der Waals surface area contributed by atoms with Crippen molar-refractivity contribution < 1.29 is 14.0 Å². The largest absolute Gasteiger partial charge is 0.459 e. The van der Waals surface area contributed by atoms with E-state index in [1.807, 2.05) is 30.5 Å². The zero-order valence-corrected chi connectivity index (χ0v) is 17.4. The number of benzene rings is 2. The molecule has 0 saturated carbocycles. The predicted molar refractivity (Wildman–Crippen MR) is 118 cm³/mol. The first-order chi connectivity index (χ1) is 14.5. The Morgan fingerprint density at radius 3 is 2.63 bits per heavy atom. The lowest BCUT2D eigenvalue weighted by atomic mass is 10.1. The normalized spacial score (nSPS) is 10.6. The van der Waals surface area contributed by atoms with E-state index in [4.69, 9.17) is 16.0 Å². The molecule has 30 heavy (non-hydrogen) atoms. The molecular weight excluding hydrogens is 422 g/mol. The number of hydrogen-bond acceptors (Lipinski definition) is 5. The van der Waals surface area contributed by atoms with Gasteiger partial charge in [0.25, 0.3) is 11.8 Å². The number of thiazole rings is 1. The molecule has 0 unspecified atom stereocenters. The molecule has 8 heteroatoms. The van der Waals surface area contributed by atoms with Gasteiger partial charge in [-0.15, -0.1) is 11.3 Å². The Bertz CT molecular complexity index is 1220. The lowest BCUT2D eigenvalue weighted by Gasteiger charge is -2.09. The first-order valence-corrected chi connectivity index (χ1v) is 10.2. The van der Waals surface area contributed by atoms with Gasteiger partial charge >= 0.3 is 0 Å². The molecule has 0 fully saturated rings. The number of halogens is 1. The molecular formula is C22H16ClN3O3S. The van der Waals surface area contributed by atoms with Crippen LogP contribution in [-0.2, 0) is 0 Å². The minimum atomic E-state index is -0.384. The summed E-state index contributed by atoms with van der Waals surface area (Å²) in [6, 6.07) is 15.7. The molecule has 2 aromatic heterocycles. The first-order valence-electron chi connectivity index (χ1n) is 8.98. The van der Waals surface area contributed by atoms with Crippen LogP contribution in [0.2, 0.25) is 5.02 Å². The van der Waals surface area contributed by atoms with E-state index in [2.05, 4.69) is 15.6 Å². The quantitative estimate of drug-likeness (QED) is 0.409. The van der Waals surface area contributed by atoms with Gasteiger partial charge in [-0.05, 0) is 42.8 Å². The van der Waals surface area contributed by atoms with Crippen LogP contribution in [0.3, 0.4) is 0 Å². The van der Waals surface area contributed by atoms with Crippen LogP contribution in [0, 0.1) is 6.92 Å². The van der Waals surface area contributed by atoms with Crippen LogP contribution in [0.15, 0.2) is 70.7 Å². The fourth-order valence-electron chi connectivity index (χ4n) is 2.78. The summed E-state index contributed by atoms with van der Waals surface area (Å²) in [5.74, 6) is -0.521. The van der Waals surface area contributed by atoms with Crippen LogP contribution in [0.25, 0.3) is 11.3 Å². The number of amides is 2. The van der Waals surface area contributed by atoms with Crippen LogP contribution in [-0.4, -0.2) is 16.8 Å². The molecule has 0 atom stereocenters. The van der Waals surface area contributed by atoms with Crippen LogP contribution in [0.4, 0.5) is 10.8 Å². The van der Waals surface area contributed by atoms with E-state index in [1.165, 1.54) is 17.6 Å². The number of anilines is 2. The van der Waals surface area contributed by atoms with Crippen molar-refractivity contribution in [2.24, 2.45) is 0 Å². The van der Waals surface area contributed by atoms with Gasteiger partial charge in [-0.2, -0.15) is 0 Å². The molecule has 6 nitrogen and oxygen atoms in total. The highest BCUT2D eigenvalue weighted by atomic mass is 35.5. The van der Waals surface area contributed by atoms with Crippen molar-refractivity contribution in [1.82, 2.24) is 4.98 Å². The smallest absolute Gasteiger partial charge is 0.291 e. The van der Waals surface area contributed by atoms with Crippen molar-refractivity contribution in [3.8, 4) is 11.3 Å². The minimum absolute atomic E-state index is 0.194. The number of nitrogens with one attached hydrogen (secondary N) is 2. The highest BCUT2D eigenvalue weighted by molar-refractivity contribution is 7.14. The molecule has 4 aromatic rings. The summed E-state index contributed by atoms with van der Waals surface area (Å²) in [4.78, 5) is 29.4. The SMILES string of the molecule is Cc1ccc(C(=O)Nc2nc(-c3ccccc3Cl)cs2)cc1NC(=O)c1ccco1.